The first kappa shape index (κ1) is 21.8. The fourth-order valence-electron chi connectivity index (χ4n) is 4.16. The lowest BCUT2D eigenvalue weighted by atomic mass is 9.95. The zero-order valence-corrected chi connectivity index (χ0v) is 17.9. The third-order valence-electron chi connectivity index (χ3n) is 5.75. The summed E-state index contributed by atoms with van der Waals surface area (Å²) in [4.78, 5) is 27.7. The molecule has 2 saturated heterocycles. The number of anilines is 1. The van der Waals surface area contributed by atoms with Gasteiger partial charge in [-0.05, 0) is 37.8 Å². The monoisotopic (exact) mass is 421 g/mol. The number of rotatable bonds is 7. The van der Waals surface area contributed by atoms with E-state index in [1.807, 2.05) is 37.3 Å². The molecule has 0 aliphatic carbocycles. The highest BCUT2D eigenvalue weighted by molar-refractivity contribution is 7.89. The van der Waals surface area contributed by atoms with Gasteiger partial charge in [-0.25, -0.2) is 8.42 Å². The summed E-state index contributed by atoms with van der Waals surface area (Å²) in [6, 6.07) is 8.64. The van der Waals surface area contributed by atoms with Crippen molar-refractivity contribution in [1.29, 1.82) is 0 Å². The lowest BCUT2D eigenvalue weighted by Crippen LogP contribution is -2.52. The number of hydrogen-bond acceptors (Lipinski definition) is 4. The molecule has 29 heavy (non-hydrogen) atoms. The van der Waals surface area contributed by atoms with Crippen LogP contribution in [0.4, 0.5) is 5.69 Å². The molecule has 0 aromatic heterocycles. The summed E-state index contributed by atoms with van der Waals surface area (Å²) in [7, 11) is -3.36. The number of carbonyl (C=O) groups excluding carboxylic acids is 2. The van der Waals surface area contributed by atoms with Gasteiger partial charge in [0.1, 0.15) is 6.04 Å². The van der Waals surface area contributed by atoms with E-state index >= 15 is 0 Å². The number of hydrogen-bond donors (Lipinski definition) is 1. The van der Waals surface area contributed by atoms with E-state index in [1.54, 1.807) is 4.90 Å². The Labute approximate surface area is 173 Å². The molecule has 0 spiro atoms. The third kappa shape index (κ3) is 5.36. The molecular weight excluding hydrogens is 390 g/mol. The number of unbranched alkanes of at least 4 members (excludes halogenated alkanes) is 1. The van der Waals surface area contributed by atoms with Crippen LogP contribution in [-0.4, -0.2) is 60.9 Å². The van der Waals surface area contributed by atoms with Gasteiger partial charge in [0.15, 0.2) is 0 Å². The molecular formula is C21H31N3O4S. The van der Waals surface area contributed by atoms with Gasteiger partial charge in [0, 0.05) is 25.3 Å². The van der Waals surface area contributed by atoms with Crippen molar-refractivity contribution in [3.8, 4) is 0 Å². The van der Waals surface area contributed by atoms with Crippen molar-refractivity contribution in [2.75, 3.05) is 30.7 Å². The van der Waals surface area contributed by atoms with Crippen LogP contribution < -0.4 is 5.32 Å². The van der Waals surface area contributed by atoms with Gasteiger partial charge < -0.3 is 10.2 Å². The lowest BCUT2D eigenvalue weighted by molar-refractivity contribution is -0.138. The van der Waals surface area contributed by atoms with Crippen molar-refractivity contribution >= 4 is 27.5 Å². The van der Waals surface area contributed by atoms with Gasteiger partial charge in [0.25, 0.3) is 0 Å². The van der Waals surface area contributed by atoms with E-state index in [9.17, 15) is 18.0 Å². The molecule has 2 aliphatic heterocycles. The normalized spacial score (nSPS) is 22.9. The number of nitrogens with one attached hydrogen (secondary N) is 1. The summed E-state index contributed by atoms with van der Waals surface area (Å²) >= 11 is 0. The van der Waals surface area contributed by atoms with Gasteiger partial charge in [-0.15, -0.1) is 0 Å². The van der Waals surface area contributed by atoms with Crippen LogP contribution in [0.1, 0.15) is 45.4 Å². The van der Waals surface area contributed by atoms with Gasteiger partial charge in [0.05, 0.1) is 11.7 Å². The van der Waals surface area contributed by atoms with Crippen LogP contribution in [0, 0.1) is 5.92 Å². The van der Waals surface area contributed by atoms with Crippen LogP contribution in [0.3, 0.4) is 0 Å². The van der Waals surface area contributed by atoms with E-state index in [4.69, 9.17) is 0 Å². The minimum Gasteiger partial charge on any atom is -0.341 e. The van der Waals surface area contributed by atoms with Crippen LogP contribution in [0.15, 0.2) is 30.3 Å². The summed E-state index contributed by atoms with van der Waals surface area (Å²) in [5.74, 6) is -0.408. The Morgan fingerprint density at radius 2 is 1.93 bits per heavy atom. The molecule has 0 radical (unpaired) electrons. The first-order valence-electron chi connectivity index (χ1n) is 10.6. The standard InChI is InChI=1S/C21H31N3O4S/c1-2-3-12-19(24-14-8-15-29(24,27)28)21(26)23-13-7-9-17(16-23)20(25)22-18-10-5-4-6-11-18/h4-6,10-11,17,19H,2-3,7-9,12-16H2,1H3,(H,22,25)/t17-,19-/m0/s1. The lowest BCUT2D eigenvalue weighted by Gasteiger charge is -2.36. The quantitative estimate of drug-likeness (QED) is 0.733. The van der Waals surface area contributed by atoms with Crippen molar-refractivity contribution in [3.63, 3.8) is 0 Å². The highest BCUT2D eigenvalue weighted by Crippen LogP contribution is 2.25. The molecule has 0 bridgehead atoms. The summed E-state index contributed by atoms with van der Waals surface area (Å²) in [6.07, 6.45) is 4.27. The van der Waals surface area contributed by atoms with Gasteiger partial charge >= 0.3 is 0 Å². The minimum absolute atomic E-state index is 0.0902. The van der Waals surface area contributed by atoms with Crippen LogP contribution >= 0.6 is 0 Å². The Morgan fingerprint density at radius 1 is 1.17 bits per heavy atom. The predicted molar refractivity (Wildman–Crippen MR) is 113 cm³/mol. The summed E-state index contributed by atoms with van der Waals surface area (Å²) in [5, 5.41) is 2.92. The molecule has 2 heterocycles. The number of benzene rings is 1. The Kier molecular flexibility index (Phi) is 7.29. The molecule has 2 atom stereocenters. The molecule has 3 rings (SSSR count). The second kappa shape index (κ2) is 9.71. The van der Waals surface area contributed by atoms with E-state index in [2.05, 4.69) is 5.32 Å². The maximum absolute atomic E-state index is 13.3. The van der Waals surface area contributed by atoms with E-state index in [1.165, 1.54) is 4.31 Å². The van der Waals surface area contributed by atoms with Crippen molar-refractivity contribution in [2.45, 2.75) is 51.5 Å². The van der Waals surface area contributed by atoms with Gasteiger partial charge in [-0.1, -0.05) is 38.0 Å². The second-order valence-electron chi connectivity index (χ2n) is 7.92. The molecule has 2 amide bonds. The number of sulfonamides is 1. The smallest absolute Gasteiger partial charge is 0.241 e. The number of amides is 2. The largest absolute Gasteiger partial charge is 0.341 e. The number of nitrogens with zero attached hydrogens (tertiary/aromatic N) is 2. The highest BCUT2D eigenvalue weighted by Gasteiger charge is 2.40. The summed E-state index contributed by atoms with van der Waals surface area (Å²) in [6.45, 7) is 3.36. The van der Waals surface area contributed by atoms with Crippen LogP contribution in [-0.2, 0) is 19.6 Å². The van der Waals surface area contributed by atoms with E-state index < -0.39 is 16.1 Å². The Hall–Kier alpha value is -1.93. The molecule has 7 nitrogen and oxygen atoms in total. The van der Waals surface area contributed by atoms with Crippen molar-refractivity contribution in [1.82, 2.24) is 9.21 Å². The number of likely N-dealkylation sites (tertiary alicyclic amines) is 1. The Balaban J connectivity index is 1.68. The molecule has 1 aromatic carbocycles. The van der Waals surface area contributed by atoms with E-state index in [0.717, 1.165) is 31.4 Å². The fourth-order valence-corrected chi connectivity index (χ4v) is 5.88. The zero-order valence-electron chi connectivity index (χ0n) is 17.0. The molecule has 1 N–H and O–H groups in total. The van der Waals surface area contributed by atoms with E-state index in [0.29, 0.717) is 32.5 Å². The molecule has 160 valence electrons. The van der Waals surface area contributed by atoms with Crippen LogP contribution in [0.2, 0.25) is 0 Å². The maximum atomic E-state index is 13.3. The van der Waals surface area contributed by atoms with Crippen molar-refractivity contribution in [3.05, 3.63) is 30.3 Å². The zero-order chi connectivity index (χ0) is 20.9. The van der Waals surface area contributed by atoms with Crippen molar-refractivity contribution in [2.24, 2.45) is 5.92 Å². The first-order valence-corrected chi connectivity index (χ1v) is 12.2. The summed E-state index contributed by atoms with van der Waals surface area (Å²) in [5.41, 5.74) is 0.741. The summed E-state index contributed by atoms with van der Waals surface area (Å²) < 4.78 is 26.2. The molecule has 0 unspecified atom stereocenters. The maximum Gasteiger partial charge on any atom is 0.241 e. The molecule has 1 aromatic rings. The second-order valence-corrected chi connectivity index (χ2v) is 9.96. The molecule has 2 aliphatic rings. The van der Waals surface area contributed by atoms with Gasteiger partial charge in [0.2, 0.25) is 21.8 Å². The average molecular weight is 422 g/mol. The molecule has 0 saturated carbocycles. The fraction of sp³-hybridized carbons (Fsp3) is 0.619. The van der Waals surface area contributed by atoms with Gasteiger partial charge in [-0.2, -0.15) is 4.31 Å². The van der Waals surface area contributed by atoms with Crippen LogP contribution in [0.5, 0.6) is 0 Å². The highest BCUT2D eigenvalue weighted by atomic mass is 32.2. The van der Waals surface area contributed by atoms with Gasteiger partial charge in [-0.3, -0.25) is 9.59 Å². The van der Waals surface area contributed by atoms with Crippen molar-refractivity contribution < 1.29 is 18.0 Å². The minimum atomic E-state index is -3.36. The molecule has 2 fully saturated rings. The number of para-hydroxylation sites is 1. The predicted octanol–water partition coefficient (Wildman–Crippen LogP) is 2.46. The van der Waals surface area contributed by atoms with E-state index in [-0.39, 0.29) is 23.5 Å². The number of piperidine rings is 1. The Bertz CT molecular complexity index is 812. The van der Waals surface area contributed by atoms with Crippen LogP contribution in [0.25, 0.3) is 0 Å². The topological polar surface area (TPSA) is 86.8 Å². The third-order valence-corrected chi connectivity index (χ3v) is 7.70. The Morgan fingerprint density at radius 3 is 2.59 bits per heavy atom. The number of carbonyl (C=O) groups is 2. The molecule has 8 heteroatoms. The SMILES string of the molecule is CCCC[C@@H](C(=O)N1CCC[C@H](C(=O)Nc2ccccc2)C1)N1CCCS1(=O)=O. The average Bonchev–Trinajstić information content (AvgIpc) is 3.08. The first-order chi connectivity index (χ1) is 13.9.